The van der Waals surface area contributed by atoms with Crippen LogP contribution in [-0.4, -0.2) is 24.6 Å². The minimum atomic E-state index is -0.386. The molecular formula is C22H21FN2O2S. The molecule has 1 aliphatic carbocycles. The summed E-state index contributed by atoms with van der Waals surface area (Å²) >= 11 is 1.30. The average molecular weight is 396 g/mol. The van der Waals surface area contributed by atoms with E-state index in [0.717, 1.165) is 21.9 Å². The van der Waals surface area contributed by atoms with Crippen LogP contribution in [0.15, 0.2) is 48.7 Å². The number of methoxy groups -OCH3 is 1. The van der Waals surface area contributed by atoms with E-state index in [4.69, 9.17) is 4.74 Å². The van der Waals surface area contributed by atoms with Crippen LogP contribution in [0.2, 0.25) is 0 Å². The smallest absolute Gasteiger partial charge is 0.349 e. The lowest BCUT2D eigenvalue weighted by molar-refractivity contribution is 0.0606. The molecule has 0 amide bonds. The number of ether oxygens (including phenoxy) is 1. The van der Waals surface area contributed by atoms with E-state index in [-0.39, 0.29) is 11.8 Å². The summed E-state index contributed by atoms with van der Waals surface area (Å²) in [5, 5.41) is 0.727. The van der Waals surface area contributed by atoms with Crippen LogP contribution in [0.5, 0.6) is 0 Å². The van der Waals surface area contributed by atoms with Crippen LogP contribution in [0.3, 0.4) is 0 Å². The molecule has 0 unspecified atom stereocenters. The molecule has 1 saturated carbocycles. The highest BCUT2D eigenvalue weighted by Crippen LogP contribution is 2.44. The molecule has 0 saturated heterocycles. The molecular weight excluding hydrogens is 375 g/mol. The maximum absolute atomic E-state index is 13.5. The summed E-state index contributed by atoms with van der Waals surface area (Å²) < 4.78 is 18.3. The number of esters is 1. The van der Waals surface area contributed by atoms with Crippen LogP contribution in [0, 0.1) is 5.82 Å². The maximum atomic E-state index is 13.5. The number of anilines is 2. The van der Waals surface area contributed by atoms with Crippen molar-refractivity contribution in [2.75, 3.05) is 18.6 Å². The summed E-state index contributed by atoms with van der Waals surface area (Å²) in [5.41, 5.74) is 4.31. The quantitative estimate of drug-likeness (QED) is 0.496. The third kappa shape index (κ3) is 3.64. The SMILES string of the molecule is CCN(c1ncc(C(=O)OC)s1)c1ccc(C2CC2)cc1-c1ccc(F)cc1. The van der Waals surface area contributed by atoms with E-state index in [2.05, 4.69) is 28.1 Å². The Kier molecular flexibility index (Phi) is 5.13. The van der Waals surface area contributed by atoms with E-state index in [1.165, 1.54) is 49.0 Å². The number of rotatable bonds is 6. The molecule has 0 spiro atoms. The number of hydrogen-bond acceptors (Lipinski definition) is 5. The molecule has 6 heteroatoms. The number of carbonyl (C=O) groups excluding carboxylic acids is 1. The Labute approximate surface area is 167 Å². The highest BCUT2D eigenvalue weighted by Gasteiger charge is 2.26. The summed E-state index contributed by atoms with van der Waals surface area (Å²) in [6.07, 6.45) is 3.98. The molecule has 0 radical (unpaired) electrons. The van der Waals surface area contributed by atoms with Gasteiger partial charge in [0.25, 0.3) is 0 Å². The van der Waals surface area contributed by atoms with E-state index in [0.29, 0.717) is 17.3 Å². The van der Waals surface area contributed by atoms with Gasteiger partial charge in [-0.25, -0.2) is 14.2 Å². The molecule has 2 aromatic carbocycles. The van der Waals surface area contributed by atoms with Crippen LogP contribution in [0.25, 0.3) is 11.1 Å². The highest BCUT2D eigenvalue weighted by molar-refractivity contribution is 7.17. The molecule has 1 heterocycles. The van der Waals surface area contributed by atoms with Gasteiger partial charge in [0.15, 0.2) is 5.13 Å². The van der Waals surface area contributed by atoms with Crippen molar-refractivity contribution in [3.63, 3.8) is 0 Å². The summed E-state index contributed by atoms with van der Waals surface area (Å²) in [7, 11) is 1.36. The van der Waals surface area contributed by atoms with Gasteiger partial charge in [0.05, 0.1) is 19.0 Å². The number of carbonyl (C=O) groups is 1. The minimum Gasteiger partial charge on any atom is -0.465 e. The summed E-state index contributed by atoms with van der Waals surface area (Å²) in [4.78, 5) is 18.8. The Morgan fingerprint density at radius 3 is 2.64 bits per heavy atom. The fraction of sp³-hybridized carbons (Fsp3) is 0.273. The Morgan fingerprint density at radius 1 is 1.25 bits per heavy atom. The third-order valence-corrected chi connectivity index (χ3v) is 5.94. The van der Waals surface area contributed by atoms with Gasteiger partial charge in [0, 0.05) is 12.1 Å². The summed E-state index contributed by atoms with van der Waals surface area (Å²) in [5.74, 6) is -0.0182. The van der Waals surface area contributed by atoms with Gasteiger partial charge >= 0.3 is 5.97 Å². The second-order valence-electron chi connectivity index (χ2n) is 6.80. The lowest BCUT2D eigenvalue weighted by Crippen LogP contribution is -2.16. The van der Waals surface area contributed by atoms with Gasteiger partial charge in [0.2, 0.25) is 0 Å². The molecule has 0 N–H and O–H groups in total. The Balaban J connectivity index is 1.79. The molecule has 1 aromatic heterocycles. The molecule has 4 rings (SSSR count). The summed E-state index contributed by atoms with van der Waals surface area (Å²) in [6, 6.07) is 13.1. The molecule has 1 fully saturated rings. The number of hydrogen-bond donors (Lipinski definition) is 0. The van der Waals surface area contributed by atoms with Crippen molar-refractivity contribution in [3.05, 3.63) is 64.9 Å². The van der Waals surface area contributed by atoms with Crippen molar-refractivity contribution >= 4 is 28.1 Å². The fourth-order valence-corrected chi connectivity index (χ4v) is 4.23. The fourth-order valence-electron chi connectivity index (χ4n) is 3.31. The van der Waals surface area contributed by atoms with Crippen LogP contribution < -0.4 is 4.90 Å². The molecule has 0 bridgehead atoms. The molecule has 0 aliphatic heterocycles. The zero-order valence-corrected chi connectivity index (χ0v) is 16.6. The number of nitrogens with zero attached hydrogens (tertiary/aromatic N) is 2. The van der Waals surface area contributed by atoms with Gasteiger partial charge in [0.1, 0.15) is 10.7 Å². The van der Waals surface area contributed by atoms with Gasteiger partial charge in [-0.3, -0.25) is 0 Å². The Hall–Kier alpha value is -2.73. The second kappa shape index (κ2) is 7.72. The van der Waals surface area contributed by atoms with Crippen LogP contribution in [-0.2, 0) is 4.74 Å². The Morgan fingerprint density at radius 2 is 2.00 bits per heavy atom. The van der Waals surface area contributed by atoms with Gasteiger partial charge < -0.3 is 9.64 Å². The first-order valence-corrected chi connectivity index (χ1v) is 10.1. The Bertz CT molecular complexity index is 996. The normalized spacial score (nSPS) is 13.4. The lowest BCUT2D eigenvalue weighted by atomic mass is 9.98. The van der Waals surface area contributed by atoms with E-state index in [1.807, 2.05) is 6.92 Å². The lowest BCUT2D eigenvalue weighted by Gasteiger charge is -2.24. The standard InChI is InChI=1S/C22H21FN2O2S/c1-3-25(22-24-13-20(28-22)21(26)27-2)19-11-8-16(14-4-5-14)12-18(19)15-6-9-17(23)10-7-15/h6-14H,3-5H2,1-2H3. The highest BCUT2D eigenvalue weighted by atomic mass is 32.1. The molecule has 4 nitrogen and oxygen atoms in total. The number of aromatic nitrogens is 1. The van der Waals surface area contributed by atoms with Gasteiger partial charge in [-0.15, -0.1) is 0 Å². The topological polar surface area (TPSA) is 42.4 Å². The third-order valence-electron chi connectivity index (χ3n) is 4.94. The predicted octanol–water partition coefficient (Wildman–Crippen LogP) is 5.77. The molecule has 144 valence electrons. The number of benzene rings is 2. The van der Waals surface area contributed by atoms with E-state index < -0.39 is 0 Å². The van der Waals surface area contributed by atoms with Crippen molar-refractivity contribution in [3.8, 4) is 11.1 Å². The molecule has 3 aromatic rings. The molecule has 28 heavy (non-hydrogen) atoms. The molecule has 0 atom stereocenters. The van der Waals surface area contributed by atoms with Crippen molar-refractivity contribution in [1.29, 1.82) is 0 Å². The average Bonchev–Trinajstić information content (AvgIpc) is 3.46. The zero-order chi connectivity index (χ0) is 19.7. The van der Waals surface area contributed by atoms with Crippen LogP contribution in [0.1, 0.15) is 40.9 Å². The van der Waals surface area contributed by atoms with Gasteiger partial charge in [-0.2, -0.15) is 0 Å². The van der Waals surface area contributed by atoms with Crippen molar-refractivity contribution in [2.45, 2.75) is 25.7 Å². The first-order chi connectivity index (χ1) is 13.6. The number of halogens is 1. The monoisotopic (exact) mass is 396 g/mol. The van der Waals surface area contributed by atoms with Crippen LogP contribution in [0.4, 0.5) is 15.2 Å². The predicted molar refractivity (Wildman–Crippen MR) is 110 cm³/mol. The second-order valence-corrected chi connectivity index (χ2v) is 7.81. The van der Waals surface area contributed by atoms with Gasteiger partial charge in [-0.1, -0.05) is 29.5 Å². The van der Waals surface area contributed by atoms with Gasteiger partial charge in [-0.05, 0) is 61.1 Å². The van der Waals surface area contributed by atoms with Crippen LogP contribution >= 0.6 is 11.3 Å². The van der Waals surface area contributed by atoms with E-state index in [9.17, 15) is 9.18 Å². The molecule has 1 aliphatic rings. The first kappa shape index (κ1) is 18.6. The maximum Gasteiger partial charge on any atom is 0.349 e. The van der Waals surface area contributed by atoms with E-state index >= 15 is 0 Å². The minimum absolute atomic E-state index is 0.251. The van der Waals surface area contributed by atoms with Crippen molar-refractivity contribution in [2.24, 2.45) is 0 Å². The van der Waals surface area contributed by atoms with E-state index in [1.54, 1.807) is 18.3 Å². The first-order valence-electron chi connectivity index (χ1n) is 9.32. The zero-order valence-electron chi connectivity index (χ0n) is 15.8. The van der Waals surface area contributed by atoms with Crippen molar-refractivity contribution < 1.29 is 13.9 Å². The summed E-state index contributed by atoms with van der Waals surface area (Å²) in [6.45, 7) is 2.73. The largest absolute Gasteiger partial charge is 0.465 e. The van der Waals surface area contributed by atoms with Crippen molar-refractivity contribution in [1.82, 2.24) is 4.98 Å². The number of thiazole rings is 1.